The molecule has 1 aliphatic rings. The van der Waals surface area contributed by atoms with Gasteiger partial charge in [0.15, 0.2) is 17.2 Å². The number of aryl methyl sites for hydroxylation is 2. The molecule has 8 nitrogen and oxygen atoms in total. The third kappa shape index (κ3) is 4.80. The Hall–Kier alpha value is -4.46. The number of ether oxygens (including phenoxy) is 3. The standard InChI is InChI=1S/C26H22N2O6/c1-16-6-4-5-7-20(16)15-33-23-11-8-18(14-24(23)32-3)13-21-26(29)34-25(27-21)19-9-10-22(28(30)31)17(2)12-19/h4-14H,15H2,1-3H3/b21-13-. The fourth-order valence-electron chi connectivity index (χ4n) is 3.50. The molecule has 0 radical (unpaired) electrons. The van der Waals surface area contributed by atoms with Crippen molar-refractivity contribution in [3.63, 3.8) is 0 Å². The highest BCUT2D eigenvalue weighted by atomic mass is 16.6. The maximum atomic E-state index is 12.4. The number of nitro groups is 1. The second-order valence-corrected chi connectivity index (χ2v) is 7.72. The van der Waals surface area contributed by atoms with Gasteiger partial charge >= 0.3 is 5.97 Å². The van der Waals surface area contributed by atoms with Gasteiger partial charge in [-0.3, -0.25) is 10.1 Å². The molecule has 34 heavy (non-hydrogen) atoms. The van der Waals surface area contributed by atoms with Crippen molar-refractivity contribution >= 4 is 23.6 Å². The molecule has 4 rings (SSSR count). The van der Waals surface area contributed by atoms with E-state index in [1.165, 1.54) is 12.1 Å². The minimum atomic E-state index is -0.607. The number of cyclic esters (lactones) is 1. The van der Waals surface area contributed by atoms with Crippen LogP contribution >= 0.6 is 0 Å². The van der Waals surface area contributed by atoms with E-state index in [9.17, 15) is 14.9 Å². The number of benzene rings is 3. The van der Waals surface area contributed by atoms with Gasteiger partial charge in [0.05, 0.1) is 12.0 Å². The molecule has 0 atom stereocenters. The van der Waals surface area contributed by atoms with Crippen molar-refractivity contribution in [2.45, 2.75) is 20.5 Å². The number of nitro benzene ring substituents is 1. The number of rotatable bonds is 7. The molecule has 0 N–H and O–H groups in total. The Kier molecular flexibility index (Phi) is 6.40. The van der Waals surface area contributed by atoms with Gasteiger partial charge < -0.3 is 14.2 Å². The highest BCUT2D eigenvalue weighted by Crippen LogP contribution is 2.31. The molecular weight excluding hydrogens is 436 g/mol. The number of hydrogen-bond acceptors (Lipinski definition) is 7. The molecule has 0 fully saturated rings. The van der Waals surface area contributed by atoms with Crippen LogP contribution in [0.4, 0.5) is 5.69 Å². The van der Waals surface area contributed by atoms with Crippen LogP contribution < -0.4 is 9.47 Å². The average molecular weight is 458 g/mol. The molecule has 0 spiro atoms. The van der Waals surface area contributed by atoms with Crippen molar-refractivity contribution in [3.05, 3.63) is 104 Å². The van der Waals surface area contributed by atoms with Gasteiger partial charge in [-0.1, -0.05) is 30.3 Å². The average Bonchev–Trinajstić information content (AvgIpc) is 3.18. The van der Waals surface area contributed by atoms with Crippen LogP contribution in [0.5, 0.6) is 11.5 Å². The van der Waals surface area contributed by atoms with Crippen LogP contribution in [0.3, 0.4) is 0 Å². The summed E-state index contributed by atoms with van der Waals surface area (Å²) in [6.45, 7) is 4.04. The topological polar surface area (TPSA) is 100 Å². The van der Waals surface area contributed by atoms with E-state index in [0.717, 1.165) is 11.1 Å². The summed E-state index contributed by atoms with van der Waals surface area (Å²) in [7, 11) is 1.55. The lowest BCUT2D eigenvalue weighted by molar-refractivity contribution is -0.385. The second-order valence-electron chi connectivity index (χ2n) is 7.72. The number of nitrogens with zero attached hydrogens (tertiary/aromatic N) is 2. The number of hydrogen-bond donors (Lipinski definition) is 0. The zero-order valence-electron chi connectivity index (χ0n) is 18.9. The van der Waals surface area contributed by atoms with Crippen LogP contribution in [-0.2, 0) is 16.1 Å². The van der Waals surface area contributed by atoms with Crippen molar-refractivity contribution in [2.75, 3.05) is 7.11 Å². The van der Waals surface area contributed by atoms with Crippen molar-refractivity contribution in [1.29, 1.82) is 0 Å². The van der Waals surface area contributed by atoms with Crippen LogP contribution in [0.1, 0.15) is 27.8 Å². The van der Waals surface area contributed by atoms with E-state index in [0.29, 0.717) is 34.8 Å². The van der Waals surface area contributed by atoms with Gasteiger partial charge in [-0.15, -0.1) is 0 Å². The molecule has 3 aromatic rings. The molecule has 172 valence electrons. The quantitative estimate of drug-likeness (QED) is 0.210. The van der Waals surface area contributed by atoms with Gasteiger partial charge in [-0.2, -0.15) is 0 Å². The Balaban J connectivity index is 1.55. The number of esters is 1. The Morgan fingerprint density at radius 1 is 1.03 bits per heavy atom. The monoisotopic (exact) mass is 458 g/mol. The molecule has 3 aromatic carbocycles. The number of carbonyl (C=O) groups is 1. The summed E-state index contributed by atoms with van der Waals surface area (Å²) in [6.07, 6.45) is 1.58. The first-order valence-corrected chi connectivity index (χ1v) is 10.5. The third-order valence-corrected chi connectivity index (χ3v) is 5.40. The molecule has 0 amide bonds. The van der Waals surface area contributed by atoms with E-state index < -0.39 is 10.9 Å². The van der Waals surface area contributed by atoms with E-state index in [2.05, 4.69) is 4.99 Å². The van der Waals surface area contributed by atoms with E-state index in [1.807, 2.05) is 31.2 Å². The van der Waals surface area contributed by atoms with Crippen LogP contribution in [0.2, 0.25) is 0 Å². The summed E-state index contributed by atoms with van der Waals surface area (Å²) < 4.78 is 16.7. The van der Waals surface area contributed by atoms with Crippen molar-refractivity contribution in [1.82, 2.24) is 0 Å². The van der Waals surface area contributed by atoms with Crippen molar-refractivity contribution < 1.29 is 23.9 Å². The minimum Gasteiger partial charge on any atom is -0.493 e. The first-order chi connectivity index (χ1) is 16.4. The van der Waals surface area contributed by atoms with E-state index >= 15 is 0 Å². The molecule has 8 heteroatoms. The predicted molar refractivity (Wildman–Crippen MR) is 127 cm³/mol. The Morgan fingerprint density at radius 2 is 1.82 bits per heavy atom. The lowest BCUT2D eigenvalue weighted by Crippen LogP contribution is -2.06. The molecule has 0 aliphatic carbocycles. The van der Waals surface area contributed by atoms with Crippen LogP contribution in [-0.4, -0.2) is 23.9 Å². The first-order valence-electron chi connectivity index (χ1n) is 10.5. The van der Waals surface area contributed by atoms with Crippen molar-refractivity contribution in [2.24, 2.45) is 4.99 Å². The summed E-state index contributed by atoms with van der Waals surface area (Å²) in [5.74, 6) is 0.584. The van der Waals surface area contributed by atoms with Gasteiger partial charge in [-0.05, 0) is 60.9 Å². The molecule has 0 saturated heterocycles. The second kappa shape index (κ2) is 9.58. The fraction of sp³-hybridized carbons (Fsp3) is 0.154. The zero-order valence-corrected chi connectivity index (χ0v) is 18.9. The first kappa shape index (κ1) is 22.7. The van der Waals surface area contributed by atoms with Gasteiger partial charge in [0.1, 0.15) is 6.61 Å². The number of carbonyl (C=O) groups excluding carboxylic acids is 1. The van der Waals surface area contributed by atoms with E-state index in [1.54, 1.807) is 44.4 Å². The highest BCUT2D eigenvalue weighted by molar-refractivity contribution is 6.13. The Morgan fingerprint density at radius 3 is 2.53 bits per heavy atom. The highest BCUT2D eigenvalue weighted by Gasteiger charge is 2.25. The van der Waals surface area contributed by atoms with E-state index in [-0.39, 0.29) is 17.3 Å². The van der Waals surface area contributed by atoms with E-state index in [4.69, 9.17) is 14.2 Å². The largest absolute Gasteiger partial charge is 0.493 e. The maximum absolute atomic E-state index is 12.4. The third-order valence-electron chi connectivity index (χ3n) is 5.40. The summed E-state index contributed by atoms with van der Waals surface area (Å²) in [5.41, 5.74) is 3.93. The smallest absolute Gasteiger partial charge is 0.363 e. The Bertz CT molecular complexity index is 1340. The van der Waals surface area contributed by atoms with Crippen LogP contribution in [0.15, 0.2) is 71.4 Å². The van der Waals surface area contributed by atoms with Gasteiger partial charge in [0, 0.05) is 17.2 Å². The van der Waals surface area contributed by atoms with Crippen molar-refractivity contribution in [3.8, 4) is 11.5 Å². The molecule has 1 heterocycles. The molecule has 0 saturated carbocycles. The molecule has 0 unspecified atom stereocenters. The molecule has 0 bridgehead atoms. The number of aliphatic imine (C=N–C) groups is 1. The molecule has 0 aromatic heterocycles. The lowest BCUT2D eigenvalue weighted by Gasteiger charge is -2.12. The summed E-state index contributed by atoms with van der Waals surface area (Å²) in [5, 5.41) is 11.0. The normalized spacial score (nSPS) is 14.0. The maximum Gasteiger partial charge on any atom is 0.363 e. The van der Waals surface area contributed by atoms with Crippen LogP contribution in [0, 0.1) is 24.0 Å². The number of methoxy groups -OCH3 is 1. The SMILES string of the molecule is COc1cc(/C=C2\N=C(c3ccc([N+](=O)[O-])c(C)c3)OC2=O)ccc1OCc1ccccc1C. The predicted octanol–water partition coefficient (Wildman–Crippen LogP) is 5.14. The fourth-order valence-corrected chi connectivity index (χ4v) is 3.50. The molecular formula is C26H22N2O6. The Labute approximate surface area is 196 Å². The van der Waals surface area contributed by atoms with Gasteiger partial charge in [0.25, 0.3) is 5.69 Å². The summed E-state index contributed by atoms with van der Waals surface area (Å²) in [4.78, 5) is 27.2. The van der Waals surface area contributed by atoms with Gasteiger partial charge in [0.2, 0.25) is 5.90 Å². The summed E-state index contributed by atoms with van der Waals surface area (Å²) in [6, 6.07) is 17.7. The van der Waals surface area contributed by atoms with Crippen LogP contribution in [0.25, 0.3) is 6.08 Å². The molecule has 1 aliphatic heterocycles. The van der Waals surface area contributed by atoms with Gasteiger partial charge in [-0.25, -0.2) is 9.79 Å². The lowest BCUT2D eigenvalue weighted by atomic mass is 10.1. The zero-order chi connectivity index (χ0) is 24.2. The minimum absolute atomic E-state index is 0.0127. The summed E-state index contributed by atoms with van der Waals surface area (Å²) >= 11 is 0.